The zero-order chi connectivity index (χ0) is 13.7. The molecule has 2 N–H and O–H groups in total. The van der Waals surface area contributed by atoms with Gasteiger partial charge in [0.15, 0.2) is 0 Å². The van der Waals surface area contributed by atoms with Crippen LogP contribution in [0.2, 0.25) is 0 Å². The molecule has 1 heterocycles. The highest BCUT2D eigenvalue weighted by Gasteiger charge is 2.23. The number of rotatable bonds is 4. The van der Waals surface area contributed by atoms with Crippen LogP contribution in [-0.2, 0) is 9.53 Å². The molecule has 1 amide bonds. The van der Waals surface area contributed by atoms with Gasteiger partial charge < -0.3 is 15.4 Å². The van der Waals surface area contributed by atoms with Gasteiger partial charge in [-0.25, -0.2) is 4.79 Å². The number of anilines is 1. The van der Waals surface area contributed by atoms with Crippen LogP contribution >= 0.6 is 0 Å². The Labute approximate surface area is 112 Å². The van der Waals surface area contributed by atoms with Crippen molar-refractivity contribution in [2.24, 2.45) is 0 Å². The molecule has 1 unspecified atom stereocenters. The third-order valence-corrected chi connectivity index (χ3v) is 3.06. The van der Waals surface area contributed by atoms with Crippen LogP contribution < -0.4 is 10.6 Å². The third kappa shape index (κ3) is 3.32. The lowest BCUT2D eigenvalue weighted by molar-refractivity contribution is -0.117. The average molecular weight is 262 g/mol. The average Bonchev–Trinajstić information content (AvgIpc) is 2.93. The van der Waals surface area contributed by atoms with Crippen molar-refractivity contribution in [2.45, 2.75) is 25.8 Å². The van der Waals surface area contributed by atoms with Crippen LogP contribution in [0.15, 0.2) is 24.3 Å². The molecule has 5 nitrogen and oxygen atoms in total. The van der Waals surface area contributed by atoms with Crippen LogP contribution in [0.5, 0.6) is 0 Å². The maximum Gasteiger partial charge on any atom is 0.340 e. The van der Waals surface area contributed by atoms with Gasteiger partial charge in [0.2, 0.25) is 5.91 Å². The molecule has 0 radical (unpaired) electrons. The van der Waals surface area contributed by atoms with E-state index in [1.54, 1.807) is 31.2 Å². The zero-order valence-electron chi connectivity index (χ0n) is 10.9. The Hall–Kier alpha value is -1.88. The summed E-state index contributed by atoms with van der Waals surface area (Å²) in [7, 11) is 0. The fraction of sp³-hybridized carbons (Fsp3) is 0.429. The van der Waals surface area contributed by atoms with E-state index >= 15 is 0 Å². The number of amides is 1. The lowest BCUT2D eigenvalue weighted by Gasteiger charge is -2.13. The smallest absolute Gasteiger partial charge is 0.340 e. The first-order chi connectivity index (χ1) is 9.22. The standard InChI is InChI=1S/C14H18N2O3/c1-2-19-14(18)10-6-3-4-7-11(10)16-13(17)12-8-5-9-15-12/h3-4,6-7,12,15H,2,5,8-9H2,1H3,(H,16,17). The van der Waals surface area contributed by atoms with Crippen LogP contribution in [0.4, 0.5) is 5.69 Å². The van der Waals surface area contributed by atoms with E-state index in [9.17, 15) is 9.59 Å². The van der Waals surface area contributed by atoms with Gasteiger partial charge in [0.25, 0.3) is 0 Å². The lowest BCUT2D eigenvalue weighted by Crippen LogP contribution is -2.35. The molecular weight excluding hydrogens is 244 g/mol. The highest BCUT2D eigenvalue weighted by atomic mass is 16.5. The Balaban J connectivity index is 2.11. The number of para-hydroxylation sites is 1. The Morgan fingerprint density at radius 1 is 1.42 bits per heavy atom. The van der Waals surface area contributed by atoms with Gasteiger partial charge in [-0.15, -0.1) is 0 Å². The van der Waals surface area contributed by atoms with E-state index in [0.29, 0.717) is 17.9 Å². The highest BCUT2D eigenvalue weighted by molar-refractivity contribution is 6.02. The van der Waals surface area contributed by atoms with Crippen LogP contribution in [0.1, 0.15) is 30.1 Å². The van der Waals surface area contributed by atoms with Crippen molar-refractivity contribution in [3.05, 3.63) is 29.8 Å². The topological polar surface area (TPSA) is 67.4 Å². The first-order valence-corrected chi connectivity index (χ1v) is 6.52. The van der Waals surface area contributed by atoms with E-state index < -0.39 is 5.97 Å². The Morgan fingerprint density at radius 3 is 2.89 bits per heavy atom. The summed E-state index contributed by atoms with van der Waals surface area (Å²) in [5.41, 5.74) is 0.885. The zero-order valence-corrected chi connectivity index (χ0v) is 10.9. The van der Waals surface area contributed by atoms with Gasteiger partial charge in [0.05, 0.1) is 23.9 Å². The van der Waals surface area contributed by atoms with Crippen molar-refractivity contribution in [1.29, 1.82) is 0 Å². The monoisotopic (exact) mass is 262 g/mol. The van der Waals surface area contributed by atoms with Crippen LogP contribution in [0.3, 0.4) is 0 Å². The number of ether oxygens (including phenoxy) is 1. The van der Waals surface area contributed by atoms with E-state index in [1.165, 1.54) is 0 Å². The molecule has 0 aromatic heterocycles. The minimum Gasteiger partial charge on any atom is -0.462 e. The summed E-state index contributed by atoms with van der Waals surface area (Å²) in [6.45, 7) is 2.92. The third-order valence-electron chi connectivity index (χ3n) is 3.06. The number of benzene rings is 1. The first kappa shape index (κ1) is 13.5. The SMILES string of the molecule is CCOC(=O)c1ccccc1NC(=O)C1CCCN1. The summed E-state index contributed by atoms with van der Waals surface area (Å²) in [5, 5.41) is 5.91. The van der Waals surface area contributed by atoms with Gasteiger partial charge in [0, 0.05) is 0 Å². The molecule has 1 aromatic rings. The Kier molecular flexibility index (Phi) is 4.52. The van der Waals surface area contributed by atoms with Crippen LogP contribution in [0, 0.1) is 0 Å². The number of carbonyl (C=O) groups is 2. The fourth-order valence-corrected chi connectivity index (χ4v) is 2.11. The van der Waals surface area contributed by atoms with E-state index in [4.69, 9.17) is 4.74 Å². The summed E-state index contributed by atoms with van der Waals surface area (Å²) in [6.07, 6.45) is 1.82. The minimum absolute atomic E-state index is 0.103. The molecule has 0 spiro atoms. The fourth-order valence-electron chi connectivity index (χ4n) is 2.11. The molecule has 102 valence electrons. The van der Waals surface area contributed by atoms with Gasteiger partial charge in [0.1, 0.15) is 0 Å². The second-order valence-electron chi connectivity index (χ2n) is 4.40. The molecule has 1 fully saturated rings. The number of carbonyl (C=O) groups excluding carboxylic acids is 2. The lowest BCUT2D eigenvalue weighted by atomic mass is 10.1. The predicted octanol–water partition coefficient (Wildman–Crippen LogP) is 1.55. The number of esters is 1. The molecule has 0 saturated carbocycles. The summed E-state index contributed by atoms with van der Waals surface area (Å²) in [5.74, 6) is -0.521. The maximum absolute atomic E-state index is 12.0. The highest BCUT2D eigenvalue weighted by Crippen LogP contribution is 2.17. The summed E-state index contributed by atoms with van der Waals surface area (Å²) >= 11 is 0. The molecular formula is C14H18N2O3. The largest absolute Gasteiger partial charge is 0.462 e. The van der Waals surface area contributed by atoms with E-state index in [2.05, 4.69) is 10.6 Å². The van der Waals surface area contributed by atoms with Crippen molar-refractivity contribution in [3.8, 4) is 0 Å². The summed E-state index contributed by atoms with van der Waals surface area (Å²) in [4.78, 5) is 23.8. The second kappa shape index (κ2) is 6.33. The first-order valence-electron chi connectivity index (χ1n) is 6.52. The van der Waals surface area contributed by atoms with Crippen molar-refractivity contribution in [3.63, 3.8) is 0 Å². The summed E-state index contributed by atoms with van der Waals surface area (Å²) in [6, 6.07) is 6.71. The van der Waals surface area contributed by atoms with Gasteiger partial charge >= 0.3 is 5.97 Å². The molecule has 1 aliphatic heterocycles. The molecule has 1 atom stereocenters. The second-order valence-corrected chi connectivity index (χ2v) is 4.40. The van der Waals surface area contributed by atoms with Crippen molar-refractivity contribution in [2.75, 3.05) is 18.5 Å². The van der Waals surface area contributed by atoms with Crippen LogP contribution in [0.25, 0.3) is 0 Å². The molecule has 0 bridgehead atoms. The number of hydrogen-bond donors (Lipinski definition) is 2. The molecule has 0 aliphatic carbocycles. The molecule has 1 saturated heterocycles. The molecule has 5 heteroatoms. The number of nitrogens with one attached hydrogen (secondary N) is 2. The molecule has 1 aromatic carbocycles. The molecule has 1 aliphatic rings. The van der Waals surface area contributed by atoms with E-state index in [0.717, 1.165) is 19.4 Å². The van der Waals surface area contributed by atoms with Gasteiger partial charge in [-0.2, -0.15) is 0 Å². The Bertz CT molecular complexity index is 468. The minimum atomic E-state index is -0.419. The van der Waals surface area contributed by atoms with Gasteiger partial charge in [-0.05, 0) is 38.4 Å². The van der Waals surface area contributed by atoms with E-state index in [-0.39, 0.29) is 11.9 Å². The van der Waals surface area contributed by atoms with E-state index in [1.807, 2.05) is 0 Å². The van der Waals surface area contributed by atoms with Crippen molar-refractivity contribution in [1.82, 2.24) is 5.32 Å². The molecule has 2 rings (SSSR count). The maximum atomic E-state index is 12.0. The Morgan fingerprint density at radius 2 is 2.21 bits per heavy atom. The van der Waals surface area contributed by atoms with Crippen LogP contribution in [-0.4, -0.2) is 31.1 Å². The summed E-state index contributed by atoms with van der Waals surface area (Å²) < 4.78 is 4.97. The van der Waals surface area contributed by atoms with Gasteiger partial charge in [-0.1, -0.05) is 12.1 Å². The van der Waals surface area contributed by atoms with Crippen molar-refractivity contribution < 1.29 is 14.3 Å². The van der Waals surface area contributed by atoms with Crippen molar-refractivity contribution >= 4 is 17.6 Å². The predicted molar refractivity (Wildman–Crippen MR) is 72.1 cm³/mol. The number of hydrogen-bond acceptors (Lipinski definition) is 4. The quantitative estimate of drug-likeness (QED) is 0.808. The normalized spacial score (nSPS) is 18.1. The molecule has 19 heavy (non-hydrogen) atoms. The van der Waals surface area contributed by atoms with Gasteiger partial charge in [-0.3, -0.25) is 4.79 Å².